The van der Waals surface area contributed by atoms with Gasteiger partial charge in [-0.15, -0.1) is 0 Å². The van der Waals surface area contributed by atoms with Crippen LogP contribution >= 0.6 is 39.1 Å². The molecule has 0 radical (unpaired) electrons. The van der Waals surface area contributed by atoms with Crippen molar-refractivity contribution in [2.75, 3.05) is 18.0 Å². The molecule has 8 nitrogen and oxygen atoms in total. The van der Waals surface area contributed by atoms with Gasteiger partial charge in [0.2, 0.25) is 11.8 Å². The summed E-state index contributed by atoms with van der Waals surface area (Å²) in [6.45, 7) is 6.75. The molecule has 12 heteroatoms. The fourth-order valence-electron chi connectivity index (χ4n) is 5.01. The maximum absolute atomic E-state index is 14.7. The van der Waals surface area contributed by atoms with Gasteiger partial charge in [-0.25, -0.2) is 8.42 Å². The first kappa shape index (κ1) is 37.3. The molecule has 0 unspecified atom stereocenters. The van der Waals surface area contributed by atoms with Crippen LogP contribution in [0.5, 0.6) is 5.75 Å². The number of rotatable bonds is 12. The van der Waals surface area contributed by atoms with Crippen LogP contribution in [-0.4, -0.2) is 50.4 Å². The lowest BCUT2D eigenvalue weighted by atomic mass is 10.0. The Morgan fingerprint density at radius 2 is 1.60 bits per heavy atom. The highest BCUT2D eigenvalue weighted by Crippen LogP contribution is 2.32. The van der Waals surface area contributed by atoms with E-state index in [0.29, 0.717) is 25.8 Å². The maximum Gasteiger partial charge on any atom is 0.264 e. The van der Waals surface area contributed by atoms with Gasteiger partial charge in [0.05, 0.1) is 22.2 Å². The third-order valence-corrected chi connectivity index (χ3v) is 10.4. The summed E-state index contributed by atoms with van der Waals surface area (Å²) >= 11 is 16.2. The standard InChI is InChI=1S/C36H38BrCl2N3O5S/c1-24-11-15-28(16-12-24)42(48(45,46)29-17-18-33(47-5)30(37)21-29)23-34(43)41(22-26-13-14-27(38)20-31(26)39)32(35(44)40-36(2,3)4)19-25-9-7-6-8-10-25/h6-18,20-21,32H,19,22-23H2,1-5H3,(H,40,44)/t32-/m0/s1. The van der Waals surface area contributed by atoms with Crippen LogP contribution in [0.4, 0.5) is 5.69 Å². The molecule has 0 saturated heterocycles. The fourth-order valence-corrected chi connectivity index (χ4v) is 7.62. The van der Waals surface area contributed by atoms with E-state index in [1.54, 1.807) is 42.5 Å². The number of nitrogens with one attached hydrogen (secondary N) is 1. The Morgan fingerprint density at radius 1 is 0.938 bits per heavy atom. The Bertz CT molecular complexity index is 1870. The third kappa shape index (κ3) is 9.53. The number of carbonyl (C=O) groups excluding carboxylic acids is 2. The summed E-state index contributed by atoms with van der Waals surface area (Å²) in [7, 11) is -2.83. The molecule has 0 aromatic heterocycles. The van der Waals surface area contributed by atoms with Crippen molar-refractivity contribution in [2.45, 2.75) is 57.1 Å². The number of hydrogen-bond acceptors (Lipinski definition) is 5. The molecule has 0 spiro atoms. The van der Waals surface area contributed by atoms with Crippen LogP contribution in [0.25, 0.3) is 0 Å². The lowest BCUT2D eigenvalue weighted by Gasteiger charge is -2.35. The Labute approximate surface area is 301 Å². The molecule has 2 amide bonds. The molecule has 0 heterocycles. The van der Waals surface area contributed by atoms with Gasteiger partial charge in [-0.3, -0.25) is 13.9 Å². The van der Waals surface area contributed by atoms with Crippen LogP contribution in [0.1, 0.15) is 37.5 Å². The van der Waals surface area contributed by atoms with Crippen molar-refractivity contribution in [3.05, 3.63) is 122 Å². The summed E-state index contributed by atoms with van der Waals surface area (Å²) in [5.41, 5.74) is 1.94. The highest BCUT2D eigenvalue weighted by atomic mass is 79.9. The van der Waals surface area contributed by atoms with Crippen LogP contribution < -0.4 is 14.4 Å². The zero-order valence-electron chi connectivity index (χ0n) is 27.3. The van der Waals surface area contributed by atoms with E-state index in [9.17, 15) is 18.0 Å². The molecule has 1 atom stereocenters. The second-order valence-corrected chi connectivity index (χ2v) is 15.9. The molecule has 0 aliphatic carbocycles. The summed E-state index contributed by atoms with van der Waals surface area (Å²) in [5.74, 6) is -0.553. The zero-order valence-corrected chi connectivity index (χ0v) is 31.3. The number of methoxy groups -OCH3 is 1. The van der Waals surface area contributed by atoms with Gasteiger partial charge in [-0.1, -0.05) is 77.3 Å². The molecular weight excluding hydrogens is 737 g/mol. The van der Waals surface area contributed by atoms with Gasteiger partial charge in [-0.05, 0) is 97.2 Å². The Kier molecular flexibility index (Phi) is 12.2. The molecule has 48 heavy (non-hydrogen) atoms. The van der Waals surface area contributed by atoms with Crippen LogP contribution in [0.3, 0.4) is 0 Å². The fraction of sp³-hybridized carbons (Fsp3) is 0.278. The number of ether oxygens (including phenoxy) is 1. The van der Waals surface area contributed by atoms with Gasteiger partial charge in [0.1, 0.15) is 18.3 Å². The molecule has 4 aromatic carbocycles. The molecule has 0 aliphatic heterocycles. The summed E-state index contributed by atoms with van der Waals surface area (Å²) in [6.07, 6.45) is 0.169. The summed E-state index contributed by atoms with van der Waals surface area (Å²) in [4.78, 5) is 30.0. The van der Waals surface area contributed by atoms with E-state index >= 15 is 0 Å². The summed E-state index contributed by atoms with van der Waals surface area (Å²) < 4.78 is 35.5. The first-order valence-corrected chi connectivity index (χ1v) is 18.1. The quantitative estimate of drug-likeness (QED) is 0.158. The van der Waals surface area contributed by atoms with Crippen molar-refractivity contribution in [1.82, 2.24) is 10.2 Å². The van der Waals surface area contributed by atoms with E-state index in [1.807, 2.05) is 58.0 Å². The van der Waals surface area contributed by atoms with Crippen molar-refractivity contribution in [3.63, 3.8) is 0 Å². The molecule has 0 bridgehead atoms. The monoisotopic (exact) mass is 773 g/mol. The van der Waals surface area contributed by atoms with Crippen molar-refractivity contribution in [1.29, 1.82) is 0 Å². The van der Waals surface area contributed by atoms with Gasteiger partial charge in [0.25, 0.3) is 10.0 Å². The second-order valence-electron chi connectivity index (χ2n) is 12.3. The Hall–Kier alpha value is -3.57. The molecule has 4 rings (SSSR count). The minimum Gasteiger partial charge on any atom is -0.496 e. The lowest BCUT2D eigenvalue weighted by Crippen LogP contribution is -2.56. The number of benzene rings is 4. The normalized spacial score (nSPS) is 12.2. The van der Waals surface area contributed by atoms with E-state index in [1.165, 1.54) is 30.2 Å². The van der Waals surface area contributed by atoms with Gasteiger partial charge in [-0.2, -0.15) is 0 Å². The average Bonchev–Trinajstić information content (AvgIpc) is 3.02. The van der Waals surface area contributed by atoms with Crippen molar-refractivity contribution in [3.8, 4) is 5.75 Å². The number of aryl methyl sites for hydroxylation is 1. The zero-order chi connectivity index (χ0) is 35.2. The molecule has 0 saturated carbocycles. The van der Waals surface area contributed by atoms with Crippen molar-refractivity contribution in [2.24, 2.45) is 0 Å². The second kappa shape index (κ2) is 15.8. The van der Waals surface area contributed by atoms with Crippen LogP contribution in [-0.2, 0) is 32.6 Å². The van der Waals surface area contributed by atoms with Gasteiger partial charge in [0.15, 0.2) is 0 Å². The number of sulfonamides is 1. The van der Waals surface area contributed by atoms with Crippen LogP contribution in [0, 0.1) is 6.92 Å². The predicted molar refractivity (Wildman–Crippen MR) is 195 cm³/mol. The summed E-state index contributed by atoms with van der Waals surface area (Å²) in [6, 6.07) is 24.4. The maximum atomic E-state index is 14.7. The van der Waals surface area contributed by atoms with E-state index in [4.69, 9.17) is 27.9 Å². The van der Waals surface area contributed by atoms with Gasteiger partial charge >= 0.3 is 0 Å². The van der Waals surface area contributed by atoms with E-state index < -0.39 is 40.0 Å². The molecular formula is C36H38BrCl2N3O5S. The molecule has 4 aromatic rings. The summed E-state index contributed by atoms with van der Waals surface area (Å²) in [5, 5.41) is 3.73. The van der Waals surface area contributed by atoms with Crippen molar-refractivity contribution < 1.29 is 22.7 Å². The number of hydrogen-bond donors (Lipinski definition) is 1. The molecule has 254 valence electrons. The van der Waals surface area contributed by atoms with E-state index in [2.05, 4.69) is 21.2 Å². The number of carbonyl (C=O) groups is 2. The first-order valence-electron chi connectivity index (χ1n) is 15.1. The Morgan fingerprint density at radius 3 is 2.19 bits per heavy atom. The van der Waals surface area contributed by atoms with Crippen LogP contribution in [0.15, 0.2) is 100 Å². The predicted octanol–water partition coefficient (Wildman–Crippen LogP) is 7.82. The molecule has 0 aliphatic rings. The number of anilines is 1. The van der Waals surface area contributed by atoms with Gasteiger partial charge < -0.3 is 15.0 Å². The minimum atomic E-state index is -4.31. The molecule has 1 N–H and O–H groups in total. The topological polar surface area (TPSA) is 96.0 Å². The third-order valence-electron chi connectivity index (χ3n) is 7.44. The molecule has 0 fully saturated rings. The van der Waals surface area contributed by atoms with Crippen molar-refractivity contribution >= 4 is 66.7 Å². The number of halogens is 3. The van der Waals surface area contributed by atoms with Crippen LogP contribution in [0.2, 0.25) is 10.0 Å². The smallest absolute Gasteiger partial charge is 0.264 e. The first-order chi connectivity index (χ1) is 22.6. The number of nitrogens with zero attached hydrogens (tertiary/aromatic N) is 2. The largest absolute Gasteiger partial charge is 0.496 e. The average molecular weight is 776 g/mol. The number of amides is 2. The SMILES string of the molecule is COc1ccc(S(=O)(=O)N(CC(=O)N(Cc2ccc(Cl)cc2Cl)[C@@H](Cc2ccccc2)C(=O)NC(C)(C)C)c2ccc(C)cc2)cc1Br. The van der Waals surface area contributed by atoms with E-state index in [0.717, 1.165) is 15.4 Å². The highest BCUT2D eigenvalue weighted by molar-refractivity contribution is 9.10. The van der Waals surface area contributed by atoms with Gasteiger partial charge in [0, 0.05) is 28.5 Å². The van der Waals surface area contributed by atoms with E-state index in [-0.39, 0.29) is 23.5 Å². The minimum absolute atomic E-state index is 0.0536. The lowest BCUT2D eigenvalue weighted by molar-refractivity contribution is -0.140. The highest BCUT2D eigenvalue weighted by Gasteiger charge is 2.36. The Balaban J connectivity index is 1.85.